The van der Waals surface area contributed by atoms with E-state index >= 15 is 0 Å². The molecule has 0 amide bonds. The molecule has 2 aliphatic heterocycles. The standard InChI is InChI=1S/C21H40N7O14P/c1-5-6(3-29)15(40-18-10(26-2)17(42-43(35,36)37)11(31)7(4-30)39-18)19(38-5)41-16-9(28-21(24)25)12(32)8(27-20(22)23)13(33)14(16)34/h3,5-19,26,30-34H,4H2,1-2H3,(H4,22,23,27)(H4,24,25,28)(H2,35,36,37). The van der Waals surface area contributed by atoms with E-state index in [0.717, 1.165) is 0 Å². The Balaban J connectivity index is 1.95. The zero-order valence-electron chi connectivity index (χ0n) is 23.1. The molecule has 16 N–H and O–H groups in total. The summed E-state index contributed by atoms with van der Waals surface area (Å²) in [5.41, 5.74) is 21.8. The molecule has 0 bridgehead atoms. The Kier molecular flexibility index (Phi) is 11.8. The van der Waals surface area contributed by atoms with Crippen LogP contribution in [0.1, 0.15) is 6.92 Å². The maximum Gasteiger partial charge on any atom is 0.470 e. The van der Waals surface area contributed by atoms with E-state index < -0.39 is 118 Å². The van der Waals surface area contributed by atoms with Crippen molar-refractivity contribution in [3.63, 3.8) is 0 Å². The van der Waals surface area contributed by atoms with Crippen molar-refractivity contribution in [2.24, 2.45) is 38.8 Å². The summed E-state index contributed by atoms with van der Waals surface area (Å²) >= 11 is 0. The van der Waals surface area contributed by atoms with Crippen LogP contribution in [0.25, 0.3) is 0 Å². The van der Waals surface area contributed by atoms with Gasteiger partial charge < -0.3 is 87.3 Å². The summed E-state index contributed by atoms with van der Waals surface area (Å²) in [6.45, 7) is 0.688. The molecule has 0 aromatic carbocycles. The number of hydrogen-bond acceptors (Lipinski definition) is 15. The molecule has 22 heteroatoms. The highest BCUT2D eigenvalue weighted by atomic mass is 31.2. The summed E-state index contributed by atoms with van der Waals surface area (Å²) in [5.74, 6) is -2.11. The van der Waals surface area contributed by atoms with E-state index in [4.69, 9.17) is 46.4 Å². The minimum Gasteiger partial charge on any atom is -0.394 e. The molecule has 21 nitrogen and oxygen atoms in total. The highest BCUT2D eigenvalue weighted by Gasteiger charge is 2.56. The van der Waals surface area contributed by atoms with Crippen molar-refractivity contribution in [1.82, 2.24) is 5.32 Å². The van der Waals surface area contributed by atoms with Crippen LogP contribution in [0, 0.1) is 5.92 Å². The quantitative estimate of drug-likeness (QED) is 0.0429. The summed E-state index contributed by atoms with van der Waals surface area (Å²) in [4.78, 5) is 38.6. The number of rotatable bonds is 11. The topological polar surface area (TPSA) is 363 Å². The molecule has 248 valence electrons. The maximum absolute atomic E-state index is 12.1. The molecule has 43 heavy (non-hydrogen) atoms. The summed E-state index contributed by atoms with van der Waals surface area (Å²) in [7, 11) is -3.82. The normalized spacial score (nSPS) is 43.6. The maximum atomic E-state index is 12.1. The first kappa shape index (κ1) is 35.4. The van der Waals surface area contributed by atoms with Gasteiger partial charge in [-0.15, -0.1) is 0 Å². The Bertz CT molecular complexity index is 1060. The molecule has 3 rings (SSSR count). The lowest BCUT2D eigenvalue weighted by Gasteiger charge is -2.45. The number of aliphatic imine (C=N–C) groups is 2. The fraction of sp³-hybridized carbons (Fsp3) is 0.857. The number of nitrogens with two attached hydrogens (primary N) is 4. The number of nitrogens with zero attached hydrogens (tertiary/aromatic N) is 2. The van der Waals surface area contributed by atoms with E-state index in [1.54, 1.807) is 0 Å². The number of phosphoric acid groups is 1. The predicted molar refractivity (Wildman–Crippen MR) is 142 cm³/mol. The third-order valence-corrected chi connectivity index (χ3v) is 7.91. The average Bonchev–Trinajstić information content (AvgIpc) is 3.21. The summed E-state index contributed by atoms with van der Waals surface area (Å²) in [5, 5.41) is 55.5. The third-order valence-electron chi connectivity index (χ3n) is 7.39. The van der Waals surface area contributed by atoms with Gasteiger partial charge in [0.05, 0.1) is 24.7 Å². The summed E-state index contributed by atoms with van der Waals surface area (Å²) < 4.78 is 39.8. The van der Waals surface area contributed by atoms with Crippen molar-refractivity contribution in [3.8, 4) is 0 Å². The van der Waals surface area contributed by atoms with Gasteiger partial charge in [-0.05, 0) is 14.0 Å². The second kappa shape index (κ2) is 14.3. The van der Waals surface area contributed by atoms with Gasteiger partial charge in [-0.2, -0.15) is 0 Å². The van der Waals surface area contributed by atoms with Gasteiger partial charge in [0.1, 0.15) is 67.2 Å². The van der Waals surface area contributed by atoms with Crippen molar-refractivity contribution >= 4 is 26.0 Å². The average molecular weight is 646 g/mol. The molecule has 3 fully saturated rings. The van der Waals surface area contributed by atoms with Gasteiger partial charge in [0, 0.05) is 0 Å². The van der Waals surface area contributed by atoms with E-state index in [0.29, 0.717) is 6.29 Å². The lowest BCUT2D eigenvalue weighted by atomic mass is 9.81. The van der Waals surface area contributed by atoms with E-state index in [2.05, 4.69) is 15.3 Å². The number of carbonyl (C=O) groups is 1. The van der Waals surface area contributed by atoms with Crippen LogP contribution in [0.3, 0.4) is 0 Å². The highest BCUT2D eigenvalue weighted by Crippen LogP contribution is 2.42. The molecule has 2 saturated heterocycles. The second-order valence-electron chi connectivity index (χ2n) is 10.3. The largest absolute Gasteiger partial charge is 0.470 e. The van der Waals surface area contributed by atoms with Crippen LogP contribution < -0.4 is 28.3 Å². The van der Waals surface area contributed by atoms with Gasteiger partial charge in [-0.3, -0.25) is 4.52 Å². The van der Waals surface area contributed by atoms with Crippen LogP contribution in [0.5, 0.6) is 0 Å². The monoisotopic (exact) mass is 645 g/mol. The minimum absolute atomic E-state index is 0.487. The molecule has 15 atom stereocenters. The number of aliphatic hydroxyl groups is 5. The highest BCUT2D eigenvalue weighted by molar-refractivity contribution is 7.46. The molecule has 1 saturated carbocycles. The van der Waals surface area contributed by atoms with Gasteiger partial charge >= 0.3 is 7.82 Å². The number of hydrogen-bond donors (Lipinski definition) is 12. The molecular formula is C21H40N7O14P. The van der Waals surface area contributed by atoms with E-state index in [9.17, 15) is 44.7 Å². The summed E-state index contributed by atoms with van der Waals surface area (Å²) in [6, 6.07) is -4.23. The SMILES string of the molecule is CNC1C(OC2C(OC3C(O)C(O)C(N=C(N)N)C(O)C3N=C(N)N)OC(C)C2C=O)OC(CO)C(O)C1OP(=O)(O)O. The number of phosphoric ester groups is 1. The lowest BCUT2D eigenvalue weighted by molar-refractivity contribution is -0.307. The van der Waals surface area contributed by atoms with Crippen LogP contribution in [-0.2, 0) is 32.8 Å². The molecule has 0 radical (unpaired) electrons. The smallest absolute Gasteiger partial charge is 0.394 e. The number of carbonyl (C=O) groups excluding carboxylic acids is 1. The zero-order chi connectivity index (χ0) is 32.4. The third kappa shape index (κ3) is 7.96. The van der Waals surface area contributed by atoms with Crippen LogP contribution in [0.4, 0.5) is 0 Å². The van der Waals surface area contributed by atoms with Crippen LogP contribution in [-0.4, -0.2) is 153 Å². The Morgan fingerprint density at radius 1 is 0.884 bits per heavy atom. The second-order valence-corrected chi connectivity index (χ2v) is 11.5. The molecule has 0 spiro atoms. The number of aliphatic hydroxyl groups excluding tert-OH is 5. The van der Waals surface area contributed by atoms with Crippen LogP contribution >= 0.6 is 7.82 Å². The number of aldehydes is 1. The van der Waals surface area contributed by atoms with Crippen molar-refractivity contribution in [2.75, 3.05) is 13.7 Å². The molecular weight excluding hydrogens is 605 g/mol. The molecule has 3 aliphatic rings. The van der Waals surface area contributed by atoms with E-state index in [1.807, 2.05) is 0 Å². The number of likely N-dealkylation sites (N-methyl/N-ethyl adjacent to an activating group) is 1. The van der Waals surface area contributed by atoms with Crippen molar-refractivity contribution in [1.29, 1.82) is 0 Å². The number of ether oxygens (including phenoxy) is 4. The lowest BCUT2D eigenvalue weighted by Crippen LogP contribution is -2.66. The zero-order valence-corrected chi connectivity index (χ0v) is 24.0. The minimum atomic E-state index is -5.17. The molecule has 15 unspecified atom stereocenters. The number of nitrogens with one attached hydrogen (secondary N) is 1. The van der Waals surface area contributed by atoms with Gasteiger partial charge in [0.25, 0.3) is 0 Å². The molecule has 0 aromatic rings. The Labute approximate surface area is 245 Å². The fourth-order valence-corrected chi connectivity index (χ4v) is 5.94. The van der Waals surface area contributed by atoms with Gasteiger partial charge in [-0.25, -0.2) is 14.5 Å². The predicted octanol–water partition coefficient (Wildman–Crippen LogP) is -7.16. The van der Waals surface area contributed by atoms with E-state index in [-0.39, 0.29) is 0 Å². The fourth-order valence-electron chi connectivity index (χ4n) is 5.37. The Morgan fingerprint density at radius 3 is 1.98 bits per heavy atom. The van der Waals surface area contributed by atoms with Gasteiger partial charge in [0.15, 0.2) is 24.5 Å². The molecule has 2 heterocycles. The first-order valence-electron chi connectivity index (χ1n) is 13.0. The summed E-state index contributed by atoms with van der Waals surface area (Å²) in [6.07, 6.45) is -16.6. The van der Waals surface area contributed by atoms with Gasteiger partial charge in [-0.1, -0.05) is 0 Å². The first-order chi connectivity index (χ1) is 20.0. The van der Waals surface area contributed by atoms with Crippen molar-refractivity contribution in [3.05, 3.63) is 0 Å². The van der Waals surface area contributed by atoms with Crippen LogP contribution in [0.15, 0.2) is 9.98 Å². The van der Waals surface area contributed by atoms with Gasteiger partial charge in [0.2, 0.25) is 0 Å². The molecule has 0 aromatic heterocycles. The number of guanidine groups is 2. The van der Waals surface area contributed by atoms with Crippen molar-refractivity contribution in [2.45, 2.75) is 92.6 Å². The Morgan fingerprint density at radius 2 is 1.47 bits per heavy atom. The van der Waals surface area contributed by atoms with Crippen molar-refractivity contribution < 1.29 is 68.2 Å². The van der Waals surface area contributed by atoms with Crippen LogP contribution in [0.2, 0.25) is 0 Å². The van der Waals surface area contributed by atoms with E-state index in [1.165, 1.54) is 14.0 Å². The molecule has 1 aliphatic carbocycles. The first-order valence-corrected chi connectivity index (χ1v) is 14.6. The Hall–Kier alpha value is -2.08.